The maximum Gasteiger partial charge on any atom is 0.165 e. The van der Waals surface area contributed by atoms with E-state index in [-0.39, 0.29) is 0 Å². The molecule has 0 aliphatic rings. The summed E-state index contributed by atoms with van der Waals surface area (Å²) in [5.41, 5.74) is 9.93. The fraction of sp³-hybridized carbons (Fsp3) is 0.0208. The van der Waals surface area contributed by atoms with Gasteiger partial charge in [0.15, 0.2) is 17.5 Å². The molecule has 0 spiro atoms. The molecular weight excluding hydrogens is 635 g/mol. The lowest BCUT2D eigenvalue weighted by Gasteiger charge is -2.14. The molecule has 4 nitrogen and oxygen atoms in total. The van der Waals surface area contributed by atoms with E-state index >= 15 is 0 Å². The van der Waals surface area contributed by atoms with E-state index in [1.807, 2.05) is 73.7 Å². The first-order chi connectivity index (χ1) is 25.7. The summed E-state index contributed by atoms with van der Waals surface area (Å²) in [4.78, 5) is 15.6. The molecule has 0 saturated heterocycles. The summed E-state index contributed by atoms with van der Waals surface area (Å²) in [5.74, 6) is 1.81. The monoisotopic (exact) mass is 667 g/mol. The molecule has 0 amide bonds. The number of hydrogen-bond donors (Lipinski definition) is 0. The molecule has 0 fully saturated rings. The van der Waals surface area contributed by atoms with Crippen LogP contribution in [0.3, 0.4) is 0 Å². The summed E-state index contributed by atoms with van der Waals surface area (Å²) in [6.45, 7) is 2.02. The van der Waals surface area contributed by atoms with Gasteiger partial charge in [-0.15, -0.1) is 0 Å². The third-order valence-corrected chi connectivity index (χ3v) is 9.45. The van der Waals surface area contributed by atoms with Crippen molar-refractivity contribution in [2.45, 2.75) is 6.92 Å². The van der Waals surface area contributed by atoms with Crippen LogP contribution >= 0.6 is 0 Å². The van der Waals surface area contributed by atoms with Crippen LogP contribution in [0.2, 0.25) is 0 Å². The van der Waals surface area contributed by atoms with Gasteiger partial charge >= 0.3 is 0 Å². The average Bonchev–Trinajstić information content (AvgIpc) is 3.60. The lowest BCUT2D eigenvalue weighted by atomic mass is 9.93. The summed E-state index contributed by atoms with van der Waals surface area (Å²) in [5, 5.41) is 4.27. The molecule has 246 valence electrons. The van der Waals surface area contributed by atoms with Gasteiger partial charge in [-0.05, 0) is 75.8 Å². The molecule has 0 radical (unpaired) electrons. The molecule has 52 heavy (non-hydrogen) atoms. The number of benzene rings is 7. The van der Waals surface area contributed by atoms with Gasteiger partial charge in [-0.25, -0.2) is 15.0 Å². The summed E-state index contributed by atoms with van der Waals surface area (Å²) in [6, 6.07) is 54.6. The number of rotatable bonds is 7. The molecule has 0 aliphatic carbocycles. The Morgan fingerprint density at radius 3 is 1.87 bits per heavy atom. The van der Waals surface area contributed by atoms with E-state index in [2.05, 4.69) is 115 Å². The second-order valence-corrected chi connectivity index (χ2v) is 12.8. The molecule has 0 unspecified atom stereocenters. The lowest BCUT2D eigenvalue weighted by molar-refractivity contribution is 0.669. The molecule has 4 heteroatoms. The minimum absolute atomic E-state index is 0.590. The Hall–Kier alpha value is -6.91. The molecular formula is C48H33N3O. The van der Waals surface area contributed by atoms with Gasteiger partial charge in [0.25, 0.3) is 0 Å². The van der Waals surface area contributed by atoms with Crippen LogP contribution in [0.5, 0.6) is 0 Å². The zero-order valence-electron chi connectivity index (χ0n) is 28.6. The molecule has 2 heterocycles. The quantitative estimate of drug-likeness (QED) is 0.159. The van der Waals surface area contributed by atoms with Crippen LogP contribution in [0.25, 0.3) is 95.2 Å². The number of furan rings is 1. The minimum Gasteiger partial charge on any atom is -0.456 e. The normalized spacial score (nSPS) is 11.8. The standard InChI is InChI=1S/C48H33N3O/c1-2-3-6-13-32-20-21-38-31-39(27-26-37(38)30-32)47-49-46(36-16-9-5-10-17-36)50-48(51-47)45-40(28-29-43-44(45)41-18-11-12-19-42(41)52-43)35-24-22-34(23-25-35)33-14-7-4-8-15-33/h2-31H,1H3/b3-2-,13-6-. The molecule has 0 N–H and O–H groups in total. The number of fused-ring (bicyclic) bond motifs is 4. The van der Waals surface area contributed by atoms with Gasteiger partial charge in [-0.2, -0.15) is 0 Å². The van der Waals surface area contributed by atoms with E-state index in [9.17, 15) is 0 Å². The molecule has 2 aromatic heterocycles. The highest BCUT2D eigenvalue weighted by Gasteiger charge is 2.22. The summed E-state index contributed by atoms with van der Waals surface area (Å²) < 4.78 is 6.42. The van der Waals surface area contributed by atoms with Crippen molar-refractivity contribution < 1.29 is 4.42 Å². The number of aromatic nitrogens is 3. The molecule has 9 aromatic rings. The van der Waals surface area contributed by atoms with E-state index in [0.29, 0.717) is 17.5 Å². The van der Waals surface area contributed by atoms with Gasteiger partial charge in [0.05, 0.1) is 0 Å². The van der Waals surface area contributed by atoms with Crippen molar-refractivity contribution in [3.8, 4) is 56.4 Å². The maximum atomic E-state index is 6.42. The maximum absolute atomic E-state index is 6.42. The number of allylic oxidation sites excluding steroid dienone is 3. The van der Waals surface area contributed by atoms with E-state index in [4.69, 9.17) is 19.4 Å². The highest BCUT2D eigenvalue weighted by Crippen LogP contribution is 2.43. The molecule has 9 rings (SSSR count). The summed E-state index contributed by atoms with van der Waals surface area (Å²) in [6.07, 6.45) is 8.23. The highest BCUT2D eigenvalue weighted by molar-refractivity contribution is 6.15. The second kappa shape index (κ2) is 13.4. The smallest absolute Gasteiger partial charge is 0.165 e. The fourth-order valence-electron chi connectivity index (χ4n) is 6.88. The zero-order chi connectivity index (χ0) is 34.9. The van der Waals surface area contributed by atoms with Crippen LogP contribution in [0.4, 0.5) is 0 Å². The van der Waals surface area contributed by atoms with Crippen molar-refractivity contribution in [3.63, 3.8) is 0 Å². The third-order valence-electron chi connectivity index (χ3n) is 9.45. The van der Waals surface area contributed by atoms with Crippen molar-refractivity contribution >= 4 is 38.8 Å². The van der Waals surface area contributed by atoms with Gasteiger partial charge < -0.3 is 4.42 Å². The predicted octanol–water partition coefficient (Wildman–Crippen LogP) is 12.8. The zero-order valence-corrected chi connectivity index (χ0v) is 28.6. The van der Waals surface area contributed by atoms with E-state index in [1.54, 1.807) is 0 Å². The van der Waals surface area contributed by atoms with Gasteiger partial charge in [0, 0.05) is 27.5 Å². The lowest BCUT2D eigenvalue weighted by Crippen LogP contribution is -2.01. The molecule has 0 saturated carbocycles. The van der Waals surface area contributed by atoms with Crippen molar-refractivity contribution in [2.24, 2.45) is 0 Å². The van der Waals surface area contributed by atoms with Gasteiger partial charge in [-0.1, -0.05) is 152 Å². The topological polar surface area (TPSA) is 51.8 Å². The van der Waals surface area contributed by atoms with E-state index in [1.165, 1.54) is 5.56 Å². The summed E-state index contributed by atoms with van der Waals surface area (Å²) in [7, 11) is 0. The van der Waals surface area contributed by atoms with Crippen LogP contribution in [-0.2, 0) is 0 Å². The average molecular weight is 668 g/mol. The highest BCUT2D eigenvalue weighted by atomic mass is 16.3. The Labute approximate surface area is 302 Å². The van der Waals surface area contributed by atoms with Gasteiger partial charge in [0.2, 0.25) is 0 Å². The third kappa shape index (κ3) is 5.86. The predicted molar refractivity (Wildman–Crippen MR) is 216 cm³/mol. The minimum atomic E-state index is 0.590. The first-order valence-corrected chi connectivity index (χ1v) is 17.5. The number of nitrogens with zero attached hydrogens (tertiary/aromatic N) is 3. The Kier molecular flexibility index (Phi) is 8.03. The number of hydrogen-bond acceptors (Lipinski definition) is 4. The Balaban J connectivity index is 1.26. The fourth-order valence-corrected chi connectivity index (χ4v) is 6.88. The first kappa shape index (κ1) is 31.1. The van der Waals surface area contributed by atoms with Crippen LogP contribution < -0.4 is 0 Å². The Bertz CT molecular complexity index is 2780. The van der Waals surface area contributed by atoms with Crippen LogP contribution in [0.1, 0.15) is 12.5 Å². The van der Waals surface area contributed by atoms with E-state index in [0.717, 1.165) is 71.7 Å². The van der Waals surface area contributed by atoms with Crippen molar-refractivity contribution in [1.29, 1.82) is 0 Å². The first-order valence-electron chi connectivity index (χ1n) is 17.5. The Morgan fingerprint density at radius 2 is 1.08 bits per heavy atom. The Morgan fingerprint density at radius 1 is 0.462 bits per heavy atom. The van der Waals surface area contributed by atoms with Crippen molar-refractivity contribution in [3.05, 3.63) is 182 Å². The summed E-state index contributed by atoms with van der Waals surface area (Å²) >= 11 is 0. The second-order valence-electron chi connectivity index (χ2n) is 12.8. The van der Waals surface area contributed by atoms with Crippen molar-refractivity contribution in [1.82, 2.24) is 15.0 Å². The molecule has 0 aliphatic heterocycles. The largest absolute Gasteiger partial charge is 0.456 e. The molecule has 0 atom stereocenters. The van der Waals surface area contributed by atoms with Gasteiger partial charge in [-0.3, -0.25) is 0 Å². The number of para-hydroxylation sites is 1. The van der Waals surface area contributed by atoms with Crippen LogP contribution in [-0.4, -0.2) is 15.0 Å². The van der Waals surface area contributed by atoms with Crippen LogP contribution in [0, 0.1) is 0 Å². The molecule has 7 aromatic carbocycles. The van der Waals surface area contributed by atoms with E-state index < -0.39 is 0 Å². The van der Waals surface area contributed by atoms with Gasteiger partial charge in [0.1, 0.15) is 11.2 Å². The molecule has 0 bridgehead atoms. The van der Waals surface area contributed by atoms with Crippen LogP contribution in [0.15, 0.2) is 180 Å². The van der Waals surface area contributed by atoms with Crippen molar-refractivity contribution in [2.75, 3.05) is 0 Å². The SMILES string of the molecule is C/C=C\C=C/c1ccc2cc(-c3nc(-c4ccccc4)nc(-c4c(-c5ccc(-c6ccccc6)cc5)ccc5oc6ccccc6c45)n3)ccc2c1.